The van der Waals surface area contributed by atoms with Crippen LogP contribution in [0.3, 0.4) is 0 Å². The molecule has 5 rings (SSSR count). The maximum atomic E-state index is 5.91. The molecule has 0 saturated heterocycles. The number of fused-ring (bicyclic) bond motifs is 2. The Balaban J connectivity index is 1.38. The van der Waals surface area contributed by atoms with Gasteiger partial charge in [0.2, 0.25) is 0 Å². The molecule has 0 spiro atoms. The first-order valence-electron chi connectivity index (χ1n) is 10.8. The zero-order valence-electron chi connectivity index (χ0n) is 18.0. The molecular formula is C26H26N4O. The predicted octanol–water partition coefficient (Wildman–Crippen LogP) is 4.83. The average Bonchev–Trinajstić information content (AvgIpc) is 2.79. The molecule has 5 heteroatoms. The van der Waals surface area contributed by atoms with Crippen molar-refractivity contribution >= 4 is 16.5 Å². The number of benzene rings is 2. The molecule has 2 aromatic heterocycles. The SMILES string of the molecule is Cc1nc(OCCc2ccccn2)nc2c1CCN(c1cccc3cccc(C)c13)C2. The van der Waals surface area contributed by atoms with Crippen molar-refractivity contribution in [3.8, 4) is 6.01 Å². The molecule has 0 amide bonds. The molecule has 0 aliphatic carbocycles. The van der Waals surface area contributed by atoms with E-state index in [4.69, 9.17) is 9.72 Å². The molecule has 0 fully saturated rings. The summed E-state index contributed by atoms with van der Waals surface area (Å²) in [6.07, 6.45) is 3.48. The number of aromatic nitrogens is 3. The van der Waals surface area contributed by atoms with E-state index in [-0.39, 0.29) is 0 Å². The highest BCUT2D eigenvalue weighted by Gasteiger charge is 2.23. The summed E-state index contributed by atoms with van der Waals surface area (Å²) in [6.45, 7) is 6.49. The van der Waals surface area contributed by atoms with Gasteiger partial charge < -0.3 is 9.64 Å². The number of aryl methyl sites for hydroxylation is 2. The third-order valence-corrected chi connectivity index (χ3v) is 6.00. The van der Waals surface area contributed by atoms with Gasteiger partial charge in [0.1, 0.15) is 0 Å². The predicted molar refractivity (Wildman–Crippen MR) is 124 cm³/mol. The quantitative estimate of drug-likeness (QED) is 0.472. The van der Waals surface area contributed by atoms with Gasteiger partial charge in [0, 0.05) is 41.6 Å². The first-order valence-corrected chi connectivity index (χ1v) is 10.8. The summed E-state index contributed by atoms with van der Waals surface area (Å²) in [5, 5.41) is 2.60. The Morgan fingerprint density at radius 1 is 0.968 bits per heavy atom. The van der Waals surface area contributed by atoms with Crippen molar-refractivity contribution in [1.29, 1.82) is 0 Å². The van der Waals surface area contributed by atoms with E-state index in [2.05, 4.69) is 65.1 Å². The van der Waals surface area contributed by atoms with Crippen LogP contribution in [-0.4, -0.2) is 28.1 Å². The lowest BCUT2D eigenvalue weighted by Crippen LogP contribution is -2.32. The van der Waals surface area contributed by atoms with Crippen molar-refractivity contribution in [1.82, 2.24) is 15.0 Å². The molecule has 1 aliphatic rings. The van der Waals surface area contributed by atoms with Crippen molar-refractivity contribution < 1.29 is 4.74 Å². The zero-order valence-corrected chi connectivity index (χ0v) is 18.0. The van der Waals surface area contributed by atoms with Crippen LogP contribution in [0.4, 0.5) is 5.69 Å². The lowest BCUT2D eigenvalue weighted by Gasteiger charge is -2.32. The van der Waals surface area contributed by atoms with E-state index in [9.17, 15) is 0 Å². The van der Waals surface area contributed by atoms with Crippen LogP contribution in [0.1, 0.15) is 28.2 Å². The van der Waals surface area contributed by atoms with Gasteiger partial charge in [0.25, 0.3) is 0 Å². The van der Waals surface area contributed by atoms with Gasteiger partial charge in [0.05, 0.1) is 18.8 Å². The Labute approximate surface area is 182 Å². The van der Waals surface area contributed by atoms with Crippen LogP contribution in [0.2, 0.25) is 0 Å². The number of anilines is 1. The van der Waals surface area contributed by atoms with Crippen LogP contribution < -0.4 is 9.64 Å². The second kappa shape index (κ2) is 8.34. The first-order chi connectivity index (χ1) is 15.2. The highest BCUT2D eigenvalue weighted by atomic mass is 16.5. The number of hydrogen-bond donors (Lipinski definition) is 0. The fourth-order valence-corrected chi connectivity index (χ4v) is 4.42. The Morgan fingerprint density at radius 2 is 1.84 bits per heavy atom. The molecule has 1 aliphatic heterocycles. The molecule has 4 aromatic rings. The zero-order chi connectivity index (χ0) is 21.2. The molecular weight excluding hydrogens is 384 g/mol. The van der Waals surface area contributed by atoms with Crippen molar-refractivity contribution in [2.24, 2.45) is 0 Å². The Bertz CT molecular complexity index is 1220. The Kier molecular flexibility index (Phi) is 5.24. The van der Waals surface area contributed by atoms with Gasteiger partial charge in [-0.2, -0.15) is 4.98 Å². The molecule has 5 nitrogen and oxygen atoms in total. The van der Waals surface area contributed by atoms with Gasteiger partial charge in [-0.1, -0.05) is 36.4 Å². The fourth-order valence-electron chi connectivity index (χ4n) is 4.42. The lowest BCUT2D eigenvalue weighted by molar-refractivity contribution is 0.292. The highest BCUT2D eigenvalue weighted by molar-refractivity contribution is 5.96. The van der Waals surface area contributed by atoms with Crippen LogP contribution in [-0.2, 0) is 19.4 Å². The van der Waals surface area contributed by atoms with Crippen LogP contribution >= 0.6 is 0 Å². The number of rotatable bonds is 5. The summed E-state index contributed by atoms with van der Waals surface area (Å²) < 4.78 is 5.91. The number of nitrogens with zero attached hydrogens (tertiary/aromatic N) is 4. The van der Waals surface area contributed by atoms with E-state index in [0.717, 1.165) is 43.0 Å². The van der Waals surface area contributed by atoms with Gasteiger partial charge in [-0.25, -0.2) is 4.98 Å². The van der Waals surface area contributed by atoms with E-state index >= 15 is 0 Å². The van der Waals surface area contributed by atoms with E-state index in [0.29, 0.717) is 12.6 Å². The van der Waals surface area contributed by atoms with Gasteiger partial charge in [-0.3, -0.25) is 4.98 Å². The van der Waals surface area contributed by atoms with Gasteiger partial charge in [-0.05, 0) is 55.0 Å². The van der Waals surface area contributed by atoms with Crippen molar-refractivity contribution in [2.45, 2.75) is 33.2 Å². The molecule has 0 unspecified atom stereocenters. The molecule has 0 saturated carbocycles. The summed E-state index contributed by atoms with van der Waals surface area (Å²) in [4.78, 5) is 16.2. The van der Waals surface area contributed by atoms with Crippen molar-refractivity contribution in [3.63, 3.8) is 0 Å². The summed E-state index contributed by atoms with van der Waals surface area (Å²) in [5.41, 5.74) is 6.93. The first kappa shape index (κ1) is 19.5. The summed E-state index contributed by atoms with van der Waals surface area (Å²) in [5.74, 6) is 0. The molecule has 3 heterocycles. The smallest absolute Gasteiger partial charge is 0.316 e. The highest BCUT2D eigenvalue weighted by Crippen LogP contribution is 2.33. The molecule has 2 aromatic carbocycles. The van der Waals surface area contributed by atoms with E-state index < -0.39 is 0 Å². The van der Waals surface area contributed by atoms with Gasteiger partial charge >= 0.3 is 6.01 Å². The minimum absolute atomic E-state index is 0.461. The van der Waals surface area contributed by atoms with Gasteiger partial charge in [-0.15, -0.1) is 0 Å². The van der Waals surface area contributed by atoms with Crippen LogP contribution in [0.15, 0.2) is 60.8 Å². The summed E-state index contributed by atoms with van der Waals surface area (Å²) in [6, 6.07) is 19.4. The van der Waals surface area contributed by atoms with E-state index in [1.54, 1.807) is 6.20 Å². The molecule has 0 bridgehead atoms. The number of ether oxygens (including phenoxy) is 1. The largest absolute Gasteiger partial charge is 0.463 e. The molecule has 156 valence electrons. The third kappa shape index (κ3) is 3.96. The standard InChI is InChI=1S/C26H26N4O/c1-18-7-5-8-20-9-6-11-24(25(18)20)30-15-12-22-19(2)28-26(29-23(22)17-30)31-16-13-21-10-3-4-14-27-21/h3-11,14H,12-13,15-17H2,1-2H3. The average molecular weight is 411 g/mol. The minimum atomic E-state index is 0.461. The second-order valence-corrected chi connectivity index (χ2v) is 8.06. The number of hydrogen-bond acceptors (Lipinski definition) is 5. The monoisotopic (exact) mass is 410 g/mol. The molecule has 0 radical (unpaired) electrons. The van der Waals surface area contributed by atoms with Crippen molar-refractivity contribution in [2.75, 3.05) is 18.1 Å². The summed E-state index contributed by atoms with van der Waals surface area (Å²) in [7, 11) is 0. The molecule has 0 N–H and O–H groups in total. The van der Waals surface area contributed by atoms with E-state index in [1.165, 1.54) is 27.6 Å². The number of pyridine rings is 1. The van der Waals surface area contributed by atoms with Crippen molar-refractivity contribution in [3.05, 3.63) is 89.0 Å². The Morgan fingerprint density at radius 3 is 2.68 bits per heavy atom. The van der Waals surface area contributed by atoms with Crippen LogP contribution in [0.5, 0.6) is 6.01 Å². The molecule has 31 heavy (non-hydrogen) atoms. The Hall–Kier alpha value is -3.47. The van der Waals surface area contributed by atoms with Crippen LogP contribution in [0, 0.1) is 13.8 Å². The van der Waals surface area contributed by atoms with E-state index in [1.807, 2.05) is 18.2 Å². The molecule has 0 atom stereocenters. The normalized spacial score (nSPS) is 13.3. The second-order valence-electron chi connectivity index (χ2n) is 8.06. The van der Waals surface area contributed by atoms with Gasteiger partial charge in [0.15, 0.2) is 0 Å². The van der Waals surface area contributed by atoms with Crippen LogP contribution in [0.25, 0.3) is 10.8 Å². The summed E-state index contributed by atoms with van der Waals surface area (Å²) >= 11 is 0. The fraction of sp³-hybridized carbons (Fsp3) is 0.269. The third-order valence-electron chi connectivity index (χ3n) is 6.00. The minimum Gasteiger partial charge on any atom is -0.463 e. The maximum Gasteiger partial charge on any atom is 0.316 e. The maximum absolute atomic E-state index is 5.91. The lowest BCUT2D eigenvalue weighted by atomic mass is 9.99. The topological polar surface area (TPSA) is 51.1 Å².